The number of hydrogen-bond donors (Lipinski definition) is 0. The van der Waals surface area contributed by atoms with E-state index in [1.807, 2.05) is 0 Å². The van der Waals surface area contributed by atoms with Gasteiger partial charge in [-0.1, -0.05) is 0 Å². The van der Waals surface area contributed by atoms with Crippen LogP contribution in [0.5, 0.6) is 0 Å². The highest BCUT2D eigenvalue weighted by atomic mass is 32.2. The van der Waals surface area contributed by atoms with Gasteiger partial charge in [0.15, 0.2) is 0 Å². The van der Waals surface area contributed by atoms with E-state index >= 15 is 0 Å². The molecule has 1 heterocycles. The Morgan fingerprint density at radius 1 is 1.82 bits per heavy atom. The second-order valence-electron chi connectivity index (χ2n) is 2.14. The van der Waals surface area contributed by atoms with Gasteiger partial charge in [-0.3, -0.25) is 9.10 Å². The van der Waals surface area contributed by atoms with Crippen molar-refractivity contribution in [2.24, 2.45) is 4.36 Å². The third kappa shape index (κ3) is 1.19. The molecular weight excluding hydrogens is 166 g/mol. The van der Waals surface area contributed by atoms with Crippen LogP contribution in [-0.2, 0) is 14.7 Å². The van der Waals surface area contributed by atoms with Gasteiger partial charge in [0.1, 0.15) is 9.92 Å². The molecule has 1 unspecified atom stereocenters. The summed E-state index contributed by atoms with van der Waals surface area (Å²) in [5, 5.41) is 8.16. The third-order valence-corrected chi connectivity index (χ3v) is 3.71. The lowest BCUT2D eigenvalue weighted by atomic mass is 10.5. The van der Waals surface area contributed by atoms with Gasteiger partial charge in [-0.25, -0.2) is 4.21 Å². The predicted molar refractivity (Wildman–Crippen MR) is 38.4 cm³/mol. The molecule has 1 fully saturated rings. The Hall–Kier alpha value is -1.09. The molecule has 1 aliphatic rings. The second kappa shape index (κ2) is 2.51. The van der Waals surface area contributed by atoms with Gasteiger partial charge in [-0.15, -0.1) is 4.36 Å². The molecular formula is C5H7N3O2S. The van der Waals surface area contributed by atoms with Gasteiger partial charge >= 0.3 is 0 Å². The Bertz CT molecular complexity index is 334. The lowest BCUT2D eigenvalue weighted by Gasteiger charge is -2.08. The van der Waals surface area contributed by atoms with E-state index in [2.05, 4.69) is 4.36 Å². The van der Waals surface area contributed by atoms with Gasteiger partial charge in [0.05, 0.1) is 5.75 Å². The minimum atomic E-state index is -2.68. The number of carbonyl (C=O) groups excluding carboxylic acids is 1. The van der Waals surface area contributed by atoms with Crippen LogP contribution >= 0.6 is 0 Å². The first-order valence-corrected chi connectivity index (χ1v) is 4.64. The summed E-state index contributed by atoms with van der Waals surface area (Å²) in [6.07, 6.45) is 1.68. The summed E-state index contributed by atoms with van der Waals surface area (Å²) in [6, 6.07) is 0. The molecule has 0 radical (unpaired) electrons. The Morgan fingerprint density at radius 3 is 2.82 bits per heavy atom. The van der Waals surface area contributed by atoms with Crippen molar-refractivity contribution in [3.05, 3.63) is 0 Å². The Balaban J connectivity index is 3.13. The third-order valence-electron chi connectivity index (χ3n) is 1.54. The molecule has 0 aliphatic carbocycles. The lowest BCUT2D eigenvalue weighted by Crippen LogP contribution is -2.24. The van der Waals surface area contributed by atoms with Gasteiger partial charge < -0.3 is 0 Å². The first-order chi connectivity index (χ1) is 5.10. The van der Waals surface area contributed by atoms with E-state index in [1.54, 1.807) is 0 Å². The smallest absolute Gasteiger partial charge is 0.235 e. The number of carbonyl (C=O) groups is 1. The Morgan fingerprint density at radius 2 is 2.45 bits per heavy atom. The zero-order valence-electron chi connectivity index (χ0n) is 5.98. The Kier molecular flexibility index (Phi) is 1.83. The lowest BCUT2D eigenvalue weighted by molar-refractivity contribution is -0.124. The molecule has 1 rings (SSSR count). The van der Waals surface area contributed by atoms with Crippen molar-refractivity contribution in [2.45, 2.75) is 6.42 Å². The maximum Gasteiger partial charge on any atom is 0.235 e. The monoisotopic (exact) mass is 173 g/mol. The maximum absolute atomic E-state index is 11.4. The molecule has 1 saturated heterocycles. The summed E-state index contributed by atoms with van der Waals surface area (Å²) >= 11 is 0. The van der Waals surface area contributed by atoms with Crippen molar-refractivity contribution in [2.75, 3.05) is 12.8 Å². The average Bonchev–Trinajstić information content (AvgIpc) is 2.19. The molecule has 0 aromatic carbocycles. The molecule has 5 nitrogen and oxygen atoms in total. The van der Waals surface area contributed by atoms with Crippen LogP contribution in [0.4, 0.5) is 0 Å². The molecule has 1 aliphatic heterocycles. The van der Waals surface area contributed by atoms with Gasteiger partial charge in [-0.2, -0.15) is 5.26 Å². The first kappa shape index (κ1) is 8.01. The van der Waals surface area contributed by atoms with Crippen molar-refractivity contribution in [3.8, 4) is 6.19 Å². The van der Waals surface area contributed by atoms with Crippen LogP contribution in [0.1, 0.15) is 6.42 Å². The van der Waals surface area contributed by atoms with Crippen LogP contribution in [0.2, 0.25) is 0 Å². The fourth-order valence-electron chi connectivity index (χ4n) is 0.844. The van der Waals surface area contributed by atoms with Gasteiger partial charge in [0.2, 0.25) is 12.1 Å². The molecule has 0 saturated carbocycles. The topological polar surface area (TPSA) is 73.5 Å². The highest BCUT2D eigenvalue weighted by molar-refractivity contribution is 7.92. The maximum atomic E-state index is 11.4. The zero-order chi connectivity index (χ0) is 8.48. The predicted octanol–water partition coefficient (Wildman–Crippen LogP) is -0.287. The number of amides is 1. The summed E-state index contributed by atoms with van der Waals surface area (Å²) in [5.41, 5.74) is 0. The molecule has 0 aromatic heterocycles. The van der Waals surface area contributed by atoms with Gasteiger partial charge in [-0.05, 0) is 0 Å². The summed E-state index contributed by atoms with van der Waals surface area (Å²) in [7, 11) is -1.28. The van der Waals surface area contributed by atoms with Crippen LogP contribution < -0.4 is 0 Å². The molecule has 6 heteroatoms. The van der Waals surface area contributed by atoms with Crippen LogP contribution in [0.15, 0.2) is 4.36 Å². The highest BCUT2D eigenvalue weighted by Gasteiger charge is 2.29. The minimum absolute atomic E-state index is 0.176. The van der Waals surface area contributed by atoms with Crippen molar-refractivity contribution >= 4 is 15.8 Å². The normalized spacial score (nSPS) is 30.2. The average molecular weight is 173 g/mol. The van der Waals surface area contributed by atoms with E-state index in [0.717, 1.165) is 4.31 Å². The second-order valence-corrected chi connectivity index (χ2v) is 4.50. The van der Waals surface area contributed by atoms with E-state index in [0.29, 0.717) is 0 Å². The fraction of sp³-hybridized carbons (Fsp3) is 0.600. The van der Waals surface area contributed by atoms with Crippen molar-refractivity contribution in [1.82, 2.24) is 4.31 Å². The van der Waals surface area contributed by atoms with Crippen LogP contribution in [-0.4, -0.2) is 27.2 Å². The molecule has 11 heavy (non-hydrogen) atoms. The van der Waals surface area contributed by atoms with Crippen molar-refractivity contribution in [1.29, 1.82) is 5.26 Å². The fourth-order valence-corrected chi connectivity index (χ4v) is 2.31. The SMILES string of the molecule is CN1C(=O)CCS1(=O)=NC#N. The molecule has 0 N–H and O–H groups in total. The zero-order valence-corrected chi connectivity index (χ0v) is 6.80. The summed E-state index contributed by atoms with van der Waals surface area (Å²) in [6.45, 7) is 0. The van der Waals surface area contributed by atoms with E-state index in [1.165, 1.54) is 13.2 Å². The highest BCUT2D eigenvalue weighted by Crippen LogP contribution is 2.14. The number of rotatable bonds is 0. The van der Waals surface area contributed by atoms with Gasteiger partial charge in [0.25, 0.3) is 0 Å². The molecule has 60 valence electrons. The molecule has 0 bridgehead atoms. The number of hydrogen-bond acceptors (Lipinski definition) is 4. The van der Waals surface area contributed by atoms with Crippen LogP contribution in [0.3, 0.4) is 0 Å². The van der Waals surface area contributed by atoms with Crippen molar-refractivity contribution in [3.63, 3.8) is 0 Å². The number of nitriles is 1. The Labute approximate surface area is 64.9 Å². The summed E-state index contributed by atoms with van der Waals surface area (Å²) < 4.78 is 15.7. The first-order valence-electron chi connectivity index (χ1n) is 3.00. The minimum Gasteiger partial charge on any atom is -0.274 e. The largest absolute Gasteiger partial charge is 0.274 e. The number of nitrogens with zero attached hydrogens (tertiary/aromatic N) is 3. The van der Waals surface area contributed by atoms with Gasteiger partial charge in [0, 0.05) is 13.5 Å². The molecule has 0 aromatic rings. The molecule has 1 atom stereocenters. The molecule has 0 spiro atoms. The van der Waals surface area contributed by atoms with Crippen molar-refractivity contribution < 1.29 is 9.00 Å². The summed E-state index contributed by atoms with van der Waals surface area (Å²) in [4.78, 5) is 10.8. The van der Waals surface area contributed by atoms with E-state index in [9.17, 15) is 9.00 Å². The van der Waals surface area contributed by atoms with E-state index in [4.69, 9.17) is 5.26 Å². The molecule has 1 amide bonds. The standard InChI is InChI=1S/C5H7N3O2S/c1-8-5(9)2-3-11(8,10)7-4-6/h2-3H2,1H3. The quantitative estimate of drug-likeness (QED) is 0.472. The van der Waals surface area contributed by atoms with E-state index < -0.39 is 9.92 Å². The summed E-state index contributed by atoms with van der Waals surface area (Å²) in [5.74, 6) is -0.0374. The van der Waals surface area contributed by atoms with Crippen LogP contribution in [0.25, 0.3) is 0 Å². The van der Waals surface area contributed by atoms with E-state index in [-0.39, 0.29) is 18.1 Å². The van der Waals surface area contributed by atoms with Crippen LogP contribution in [0, 0.1) is 11.5 Å².